The fraction of sp³-hybridized carbons (Fsp3) is 0.182. The van der Waals surface area contributed by atoms with E-state index in [2.05, 4.69) is 4.98 Å². The van der Waals surface area contributed by atoms with Crippen molar-refractivity contribution < 1.29 is 8.42 Å². The summed E-state index contributed by atoms with van der Waals surface area (Å²) in [4.78, 5) is 3.98. The lowest BCUT2D eigenvalue weighted by Gasteiger charge is -2.16. The van der Waals surface area contributed by atoms with Crippen molar-refractivity contribution in [2.24, 2.45) is 0 Å². The Morgan fingerprint density at radius 1 is 1.39 bits per heavy atom. The van der Waals surface area contributed by atoms with Crippen molar-refractivity contribution in [2.45, 2.75) is 5.75 Å². The van der Waals surface area contributed by atoms with Crippen LogP contribution in [0.25, 0.3) is 0 Å². The number of rotatable bonds is 4. The summed E-state index contributed by atoms with van der Waals surface area (Å²) in [5.74, 6) is -0.136. The first-order valence-electron chi connectivity index (χ1n) is 5.10. The standard InChI is InChI=1S/C11H11ClN2O2S2/c1-14(11-13-6-7-17-11)18(15,16)8-9-4-2-3-5-10(9)12/h2-7H,8H2,1H3. The molecule has 96 valence electrons. The van der Waals surface area contributed by atoms with E-state index < -0.39 is 10.0 Å². The van der Waals surface area contributed by atoms with Gasteiger partial charge in [0.1, 0.15) is 0 Å². The SMILES string of the molecule is CN(c1nccs1)S(=O)(=O)Cc1ccccc1Cl. The van der Waals surface area contributed by atoms with E-state index >= 15 is 0 Å². The predicted octanol–water partition coefficient (Wildman–Crippen LogP) is 2.76. The first-order valence-corrected chi connectivity index (χ1v) is 7.97. The molecule has 18 heavy (non-hydrogen) atoms. The molecular weight excluding hydrogens is 292 g/mol. The van der Waals surface area contributed by atoms with Crippen LogP contribution in [0, 0.1) is 0 Å². The van der Waals surface area contributed by atoms with Crippen LogP contribution in [0.15, 0.2) is 35.8 Å². The topological polar surface area (TPSA) is 50.3 Å². The summed E-state index contributed by atoms with van der Waals surface area (Å²) in [5.41, 5.74) is 0.586. The Hall–Kier alpha value is -1.11. The van der Waals surface area contributed by atoms with Crippen molar-refractivity contribution in [2.75, 3.05) is 11.4 Å². The molecule has 0 aliphatic carbocycles. The molecule has 4 nitrogen and oxygen atoms in total. The summed E-state index contributed by atoms with van der Waals surface area (Å²) in [5, 5.41) is 2.63. The highest BCUT2D eigenvalue weighted by molar-refractivity contribution is 7.92. The van der Waals surface area contributed by atoms with Crippen molar-refractivity contribution in [3.05, 3.63) is 46.4 Å². The van der Waals surface area contributed by atoms with Gasteiger partial charge >= 0.3 is 0 Å². The monoisotopic (exact) mass is 302 g/mol. The largest absolute Gasteiger partial charge is 0.248 e. The van der Waals surface area contributed by atoms with Gasteiger partial charge in [0.2, 0.25) is 10.0 Å². The fourth-order valence-electron chi connectivity index (χ4n) is 1.40. The molecule has 0 aliphatic heterocycles. The van der Waals surface area contributed by atoms with Gasteiger partial charge in [0.25, 0.3) is 0 Å². The zero-order valence-corrected chi connectivity index (χ0v) is 12.0. The van der Waals surface area contributed by atoms with E-state index in [1.165, 1.54) is 22.7 Å². The van der Waals surface area contributed by atoms with E-state index in [1.807, 2.05) is 0 Å². The van der Waals surface area contributed by atoms with Gasteiger partial charge in [-0.1, -0.05) is 29.8 Å². The molecule has 0 atom stereocenters. The quantitative estimate of drug-likeness (QED) is 0.872. The van der Waals surface area contributed by atoms with Crippen molar-refractivity contribution in [1.82, 2.24) is 4.98 Å². The Balaban J connectivity index is 2.25. The average Bonchev–Trinajstić information content (AvgIpc) is 2.84. The van der Waals surface area contributed by atoms with Crippen molar-refractivity contribution in [1.29, 1.82) is 0 Å². The van der Waals surface area contributed by atoms with E-state index in [4.69, 9.17) is 11.6 Å². The third-order valence-electron chi connectivity index (χ3n) is 2.40. The molecule has 1 heterocycles. The zero-order valence-electron chi connectivity index (χ0n) is 9.58. The van der Waals surface area contributed by atoms with Crippen LogP contribution >= 0.6 is 22.9 Å². The lowest BCUT2D eigenvalue weighted by Crippen LogP contribution is -2.27. The van der Waals surface area contributed by atoms with Crippen molar-refractivity contribution in [3.8, 4) is 0 Å². The lowest BCUT2D eigenvalue weighted by atomic mass is 10.2. The van der Waals surface area contributed by atoms with Crippen LogP contribution in [0.4, 0.5) is 5.13 Å². The number of anilines is 1. The van der Waals surface area contributed by atoms with E-state index in [0.717, 1.165) is 0 Å². The number of nitrogens with zero attached hydrogens (tertiary/aromatic N) is 2. The predicted molar refractivity (Wildman–Crippen MR) is 74.6 cm³/mol. The Kier molecular flexibility index (Phi) is 3.89. The molecular formula is C11H11ClN2O2S2. The Morgan fingerprint density at radius 2 is 2.11 bits per heavy atom. The molecule has 0 N–H and O–H groups in total. The maximum Gasteiger partial charge on any atom is 0.240 e. The smallest absolute Gasteiger partial charge is 0.240 e. The van der Waals surface area contributed by atoms with Crippen molar-refractivity contribution in [3.63, 3.8) is 0 Å². The zero-order chi connectivity index (χ0) is 13.2. The number of benzene rings is 1. The fourth-order valence-corrected chi connectivity index (χ4v) is 3.79. The van der Waals surface area contributed by atoms with Gasteiger partial charge in [-0.25, -0.2) is 17.7 Å². The number of hydrogen-bond acceptors (Lipinski definition) is 4. The summed E-state index contributed by atoms with van der Waals surface area (Å²) in [7, 11) is -1.97. The van der Waals surface area contributed by atoms with E-state index in [-0.39, 0.29) is 5.75 Å². The molecule has 0 spiro atoms. The van der Waals surface area contributed by atoms with E-state index in [9.17, 15) is 8.42 Å². The van der Waals surface area contributed by atoms with Gasteiger partial charge < -0.3 is 0 Å². The summed E-state index contributed by atoms with van der Waals surface area (Å²) in [6.45, 7) is 0. The van der Waals surface area contributed by atoms with Crippen LogP contribution < -0.4 is 4.31 Å². The second-order valence-corrected chi connectivity index (χ2v) is 6.91. The minimum absolute atomic E-state index is 0.136. The molecule has 0 bridgehead atoms. The van der Waals surface area contributed by atoms with Crippen molar-refractivity contribution >= 4 is 38.1 Å². The van der Waals surface area contributed by atoms with Crippen LogP contribution in [0.5, 0.6) is 0 Å². The number of sulfonamides is 1. The maximum absolute atomic E-state index is 12.2. The molecule has 1 aromatic carbocycles. The first kappa shape index (κ1) is 13.3. The van der Waals surface area contributed by atoms with Gasteiger partial charge in [-0.3, -0.25) is 0 Å². The van der Waals surface area contributed by atoms with Gasteiger partial charge in [-0.15, -0.1) is 11.3 Å². The molecule has 2 aromatic rings. The molecule has 0 unspecified atom stereocenters. The van der Waals surface area contributed by atoms with Gasteiger partial charge in [0.05, 0.1) is 5.75 Å². The van der Waals surface area contributed by atoms with Crippen LogP contribution in [-0.2, 0) is 15.8 Å². The molecule has 0 saturated carbocycles. The highest BCUT2D eigenvalue weighted by atomic mass is 35.5. The summed E-state index contributed by atoms with van der Waals surface area (Å²) >= 11 is 7.24. The number of aromatic nitrogens is 1. The number of halogens is 1. The summed E-state index contributed by atoms with van der Waals surface area (Å²) < 4.78 is 25.6. The first-order chi connectivity index (χ1) is 8.50. The lowest BCUT2D eigenvalue weighted by molar-refractivity contribution is 0.593. The highest BCUT2D eigenvalue weighted by Crippen LogP contribution is 2.23. The summed E-state index contributed by atoms with van der Waals surface area (Å²) in [6, 6.07) is 6.91. The second kappa shape index (κ2) is 5.26. The molecule has 0 fully saturated rings. The number of thiazole rings is 1. The molecule has 1 aromatic heterocycles. The van der Waals surface area contributed by atoms with Crippen LogP contribution in [0.3, 0.4) is 0 Å². The Morgan fingerprint density at radius 3 is 2.72 bits per heavy atom. The highest BCUT2D eigenvalue weighted by Gasteiger charge is 2.21. The maximum atomic E-state index is 12.2. The number of hydrogen-bond donors (Lipinski definition) is 0. The molecule has 2 rings (SSSR count). The van der Waals surface area contributed by atoms with Crippen LogP contribution in [-0.4, -0.2) is 20.4 Å². The molecule has 0 saturated heterocycles. The minimum Gasteiger partial charge on any atom is -0.248 e. The third kappa shape index (κ3) is 2.82. The second-order valence-electron chi connectivity index (χ2n) is 3.63. The van der Waals surface area contributed by atoms with Gasteiger partial charge in [0.15, 0.2) is 5.13 Å². The molecule has 0 amide bonds. The average molecular weight is 303 g/mol. The molecule has 0 aliphatic rings. The minimum atomic E-state index is -3.46. The van der Waals surface area contributed by atoms with Crippen LogP contribution in [0.2, 0.25) is 5.02 Å². The van der Waals surface area contributed by atoms with Gasteiger partial charge in [0, 0.05) is 23.6 Å². The van der Waals surface area contributed by atoms with E-state index in [0.29, 0.717) is 15.7 Å². The Bertz CT molecular complexity index is 626. The van der Waals surface area contributed by atoms with Gasteiger partial charge in [-0.05, 0) is 11.6 Å². The molecule has 0 radical (unpaired) electrons. The molecule has 7 heteroatoms. The van der Waals surface area contributed by atoms with E-state index in [1.54, 1.807) is 35.8 Å². The Labute approximate surface area is 115 Å². The van der Waals surface area contributed by atoms with Crippen LogP contribution in [0.1, 0.15) is 5.56 Å². The normalized spacial score (nSPS) is 11.4. The third-order valence-corrected chi connectivity index (χ3v) is 5.42. The van der Waals surface area contributed by atoms with Gasteiger partial charge in [-0.2, -0.15) is 0 Å². The summed E-state index contributed by atoms with van der Waals surface area (Å²) in [6.07, 6.45) is 1.57.